The number of halogens is 1. The summed E-state index contributed by atoms with van der Waals surface area (Å²) in [6.07, 6.45) is 0. The fourth-order valence-corrected chi connectivity index (χ4v) is 3.14. The zero-order valence-electron chi connectivity index (χ0n) is 13.5. The predicted octanol–water partition coefficient (Wildman–Crippen LogP) is 3.36. The molecule has 1 fully saturated rings. The molecule has 0 spiro atoms. The molecule has 2 aromatic rings. The number of piperazine rings is 1. The molecular weight excluding hydrogens is 324 g/mol. The number of carboxylic acids is 1. The lowest BCUT2D eigenvalue weighted by atomic mass is 10.1. The Kier molecular flexibility index (Phi) is 5.51. The van der Waals surface area contributed by atoms with E-state index in [1.807, 2.05) is 24.3 Å². The Labute approximate surface area is 147 Å². The normalized spacial score (nSPS) is 16.2. The Morgan fingerprint density at radius 3 is 2.08 bits per heavy atom. The van der Waals surface area contributed by atoms with Crippen LogP contribution in [0.15, 0.2) is 48.5 Å². The largest absolute Gasteiger partial charge is 0.478 e. The van der Waals surface area contributed by atoms with Gasteiger partial charge >= 0.3 is 5.97 Å². The summed E-state index contributed by atoms with van der Waals surface area (Å²) in [5.74, 6) is -0.871. The Morgan fingerprint density at radius 1 is 0.917 bits per heavy atom. The average Bonchev–Trinajstić information content (AvgIpc) is 2.59. The maximum absolute atomic E-state index is 11.1. The molecule has 0 unspecified atom stereocenters. The van der Waals surface area contributed by atoms with Gasteiger partial charge < -0.3 is 5.11 Å². The number of nitrogens with zero attached hydrogens (tertiary/aromatic N) is 2. The smallest absolute Gasteiger partial charge is 0.335 e. The van der Waals surface area contributed by atoms with Crippen molar-refractivity contribution < 1.29 is 9.90 Å². The summed E-state index contributed by atoms with van der Waals surface area (Å²) < 4.78 is 0. The first-order valence-corrected chi connectivity index (χ1v) is 8.49. The van der Waals surface area contributed by atoms with Crippen LogP contribution in [0.1, 0.15) is 21.5 Å². The van der Waals surface area contributed by atoms with Crippen molar-refractivity contribution in [3.63, 3.8) is 0 Å². The maximum atomic E-state index is 11.1. The standard InChI is InChI=1S/C19H21ClN2O2/c20-18-6-4-15(5-7-18)13-21-8-10-22(11-9-21)14-16-2-1-3-17(12-16)19(23)24/h1-7,12H,8-11,13-14H2,(H,23,24). The van der Waals surface area contributed by atoms with Gasteiger partial charge in [0.2, 0.25) is 0 Å². The number of aromatic carboxylic acids is 1. The highest BCUT2D eigenvalue weighted by molar-refractivity contribution is 6.30. The fraction of sp³-hybridized carbons (Fsp3) is 0.316. The van der Waals surface area contributed by atoms with E-state index in [-0.39, 0.29) is 0 Å². The van der Waals surface area contributed by atoms with Gasteiger partial charge in [0.25, 0.3) is 0 Å². The Balaban J connectivity index is 1.51. The van der Waals surface area contributed by atoms with E-state index in [4.69, 9.17) is 16.7 Å². The molecule has 2 aromatic carbocycles. The van der Waals surface area contributed by atoms with Crippen LogP contribution in [-0.2, 0) is 13.1 Å². The number of carbonyl (C=O) groups is 1. The summed E-state index contributed by atoms with van der Waals surface area (Å²) in [5, 5.41) is 9.85. The molecule has 0 atom stereocenters. The Morgan fingerprint density at radius 2 is 1.50 bits per heavy atom. The summed E-state index contributed by atoms with van der Waals surface area (Å²) in [7, 11) is 0. The van der Waals surface area contributed by atoms with E-state index in [2.05, 4.69) is 21.9 Å². The van der Waals surface area contributed by atoms with Crippen LogP contribution in [0.5, 0.6) is 0 Å². The van der Waals surface area contributed by atoms with Crippen LogP contribution in [0.4, 0.5) is 0 Å². The van der Waals surface area contributed by atoms with Crippen molar-refractivity contribution >= 4 is 17.6 Å². The minimum Gasteiger partial charge on any atom is -0.478 e. The number of rotatable bonds is 5. The summed E-state index contributed by atoms with van der Waals surface area (Å²) in [4.78, 5) is 15.9. The van der Waals surface area contributed by atoms with Crippen molar-refractivity contribution in [2.75, 3.05) is 26.2 Å². The molecule has 0 radical (unpaired) electrons. The van der Waals surface area contributed by atoms with Gasteiger partial charge in [-0.3, -0.25) is 9.80 Å². The van der Waals surface area contributed by atoms with Gasteiger partial charge in [-0.2, -0.15) is 0 Å². The zero-order chi connectivity index (χ0) is 16.9. The average molecular weight is 345 g/mol. The van der Waals surface area contributed by atoms with E-state index in [1.165, 1.54) is 5.56 Å². The molecule has 0 bridgehead atoms. The molecule has 0 saturated carbocycles. The molecule has 0 aromatic heterocycles. The number of carboxylic acid groups (broad SMARTS) is 1. The van der Waals surface area contributed by atoms with Gasteiger partial charge in [-0.25, -0.2) is 4.79 Å². The van der Waals surface area contributed by atoms with E-state index in [0.29, 0.717) is 5.56 Å². The lowest BCUT2D eigenvalue weighted by Crippen LogP contribution is -2.45. The van der Waals surface area contributed by atoms with E-state index in [9.17, 15) is 4.79 Å². The molecular formula is C19H21ClN2O2. The highest BCUT2D eigenvalue weighted by atomic mass is 35.5. The molecule has 5 heteroatoms. The third-order valence-electron chi connectivity index (χ3n) is 4.36. The quantitative estimate of drug-likeness (QED) is 0.903. The highest BCUT2D eigenvalue weighted by Gasteiger charge is 2.17. The van der Waals surface area contributed by atoms with Crippen LogP contribution in [0.3, 0.4) is 0 Å². The van der Waals surface area contributed by atoms with Gasteiger partial charge in [0.15, 0.2) is 0 Å². The van der Waals surface area contributed by atoms with Gasteiger partial charge in [-0.15, -0.1) is 0 Å². The van der Waals surface area contributed by atoms with Gasteiger partial charge in [0.1, 0.15) is 0 Å². The Bertz CT molecular complexity index is 695. The maximum Gasteiger partial charge on any atom is 0.335 e. The van der Waals surface area contributed by atoms with Crippen molar-refractivity contribution in [3.05, 3.63) is 70.2 Å². The van der Waals surface area contributed by atoms with Gasteiger partial charge in [0.05, 0.1) is 5.56 Å². The monoisotopic (exact) mass is 344 g/mol. The third kappa shape index (κ3) is 4.57. The van der Waals surface area contributed by atoms with Gasteiger partial charge in [0, 0.05) is 44.3 Å². The molecule has 1 aliphatic rings. The van der Waals surface area contributed by atoms with Crippen molar-refractivity contribution in [1.29, 1.82) is 0 Å². The van der Waals surface area contributed by atoms with Crippen LogP contribution in [-0.4, -0.2) is 47.1 Å². The van der Waals surface area contributed by atoms with Crippen molar-refractivity contribution in [1.82, 2.24) is 9.80 Å². The fourth-order valence-electron chi connectivity index (χ4n) is 3.01. The summed E-state index contributed by atoms with van der Waals surface area (Å²) in [6.45, 7) is 5.76. The van der Waals surface area contributed by atoms with Crippen LogP contribution in [0.2, 0.25) is 5.02 Å². The molecule has 126 valence electrons. The number of benzene rings is 2. The van der Waals surface area contributed by atoms with Crippen molar-refractivity contribution in [3.8, 4) is 0 Å². The molecule has 4 nitrogen and oxygen atoms in total. The van der Waals surface area contributed by atoms with Crippen LogP contribution < -0.4 is 0 Å². The first-order valence-electron chi connectivity index (χ1n) is 8.11. The molecule has 0 aliphatic carbocycles. The lowest BCUT2D eigenvalue weighted by Gasteiger charge is -2.34. The number of hydrogen-bond donors (Lipinski definition) is 1. The minimum atomic E-state index is -0.871. The summed E-state index contributed by atoms with van der Waals surface area (Å²) in [6, 6.07) is 15.2. The van der Waals surface area contributed by atoms with E-state index in [1.54, 1.807) is 12.1 Å². The third-order valence-corrected chi connectivity index (χ3v) is 4.62. The van der Waals surface area contributed by atoms with Crippen LogP contribution in [0, 0.1) is 0 Å². The molecule has 1 aliphatic heterocycles. The first kappa shape index (κ1) is 17.0. The van der Waals surface area contributed by atoms with Crippen LogP contribution in [0.25, 0.3) is 0 Å². The first-order chi connectivity index (χ1) is 11.6. The number of hydrogen-bond acceptors (Lipinski definition) is 3. The predicted molar refractivity (Wildman–Crippen MR) is 95.4 cm³/mol. The SMILES string of the molecule is O=C(O)c1cccc(CN2CCN(Cc3ccc(Cl)cc3)CC2)c1. The highest BCUT2D eigenvalue weighted by Crippen LogP contribution is 2.14. The summed E-state index contributed by atoms with van der Waals surface area (Å²) in [5.41, 5.74) is 2.69. The van der Waals surface area contributed by atoms with Crippen molar-refractivity contribution in [2.24, 2.45) is 0 Å². The van der Waals surface area contributed by atoms with Gasteiger partial charge in [-0.1, -0.05) is 35.9 Å². The van der Waals surface area contributed by atoms with Gasteiger partial charge in [-0.05, 0) is 35.4 Å². The minimum absolute atomic E-state index is 0.355. The molecule has 0 amide bonds. The van der Waals surface area contributed by atoms with E-state index < -0.39 is 5.97 Å². The van der Waals surface area contributed by atoms with Crippen LogP contribution >= 0.6 is 11.6 Å². The molecule has 1 saturated heterocycles. The van der Waals surface area contributed by atoms with E-state index >= 15 is 0 Å². The topological polar surface area (TPSA) is 43.8 Å². The second-order valence-electron chi connectivity index (χ2n) is 6.18. The summed E-state index contributed by atoms with van der Waals surface area (Å²) >= 11 is 5.92. The molecule has 24 heavy (non-hydrogen) atoms. The second-order valence-corrected chi connectivity index (χ2v) is 6.62. The molecule has 3 rings (SSSR count). The molecule has 1 N–H and O–H groups in total. The Hall–Kier alpha value is -1.88. The zero-order valence-corrected chi connectivity index (χ0v) is 14.2. The second kappa shape index (κ2) is 7.79. The van der Waals surface area contributed by atoms with Crippen molar-refractivity contribution in [2.45, 2.75) is 13.1 Å². The van der Waals surface area contributed by atoms with E-state index in [0.717, 1.165) is 49.9 Å². The lowest BCUT2D eigenvalue weighted by molar-refractivity contribution is 0.0696. The molecule has 1 heterocycles.